The minimum atomic E-state index is 0.330. The van der Waals surface area contributed by atoms with Crippen molar-refractivity contribution in [3.63, 3.8) is 0 Å². The maximum Gasteiger partial charge on any atom is 0.0684 e. The third-order valence-corrected chi connectivity index (χ3v) is 6.33. The molecule has 108 valence electrons. The molecule has 4 fully saturated rings. The van der Waals surface area contributed by atoms with Gasteiger partial charge in [-0.2, -0.15) is 0 Å². The number of nitrogens with zero attached hydrogens (tertiary/aromatic N) is 1. The molecule has 5 unspecified atom stereocenters. The standard InChI is InChI=1S/C16H28N2O/c1-16(2)14(11-5-4-10-19-15(11)16)17-12-7-9-18-8-3-6-13(12)18/h11-15,17H,3-10H2,1-2H3. The van der Waals surface area contributed by atoms with Crippen LogP contribution in [0.15, 0.2) is 0 Å². The molecule has 3 heteroatoms. The molecule has 0 aromatic rings. The molecular weight excluding hydrogens is 236 g/mol. The van der Waals surface area contributed by atoms with Crippen molar-refractivity contribution in [3.8, 4) is 0 Å². The topological polar surface area (TPSA) is 24.5 Å². The summed E-state index contributed by atoms with van der Waals surface area (Å²) in [6, 6.07) is 2.26. The molecule has 0 spiro atoms. The summed E-state index contributed by atoms with van der Waals surface area (Å²) in [5.41, 5.74) is 0.330. The van der Waals surface area contributed by atoms with Crippen LogP contribution in [0.5, 0.6) is 0 Å². The Morgan fingerprint density at radius 3 is 2.89 bits per heavy atom. The van der Waals surface area contributed by atoms with Crippen molar-refractivity contribution in [1.29, 1.82) is 0 Å². The molecule has 1 saturated carbocycles. The average molecular weight is 264 g/mol. The minimum Gasteiger partial charge on any atom is -0.377 e. The largest absolute Gasteiger partial charge is 0.377 e. The van der Waals surface area contributed by atoms with E-state index >= 15 is 0 Å². The summed E-state index contributed by atoms with van der Waals surface area (Å²) < 4.78 is 6.02. The van der Waals surface area contributed by atoms with Crippen molar-refractivity contribution in [1.82, 2.24) is 10.2 Å². The zero-order valence-electron chi connectivity index (χ0n) is 12.4. The van der Waals surface area contributed by atoms with Gasteiger partial charge in [0, 0.05) is 42.6 Å². The van der Waals surface area contributed by atoms with Gasteiger partial charge in [0.2, 0.25) is 0 Å². The zero-order chi connectivity index (χ0) is 13.0. The highest BCUT2D eigenvalue weighted by molar-refractivity contribution is 5.12. The lowest BCUT2D eigenvalue weighted by Gasteiger charge is -2.61. The summed E-state index contributed by atoms with van der Waals surface area (Å²) in [6.45, 7) is 8.44. The molecule has 0 bridgehead atoms. The minimum absolute atomic E-state index is 0.330. The van der Waals surface area contributed by atoms with Gasteiger partial charge in [-0.15, -0.1) is 0 Å². The molecule has 5 atom stereocenters. The van der Waals surface area contributed by atoms with Crippen molar-refractivity contribution in [3.05, 3.63) is 0 Å². The number of fused-ring (bicyclic) bond motifs is 2. The molecule has 3 saturated heterocycles. The van der Waals surface area contributed by atoms with Gasteiger partial charge in [0.25, 0.3) is 0 Å². The first-order chi connectivity index (χ1) is 9.18. The maximum absolute atomic E-state index is 6.02. The Morgan fingerprint density at radius 1 is 1.11 bits per heavy atom. The Kier molecular flexibility index (Phi) is 2.95. The molecular formula is C16H28N2O. The molecule has 4 rings (SSSR count). The van der Waals surface area contributed by atoms with E-state index in [4.69, 9.17) is 4.74 Å². The Labute approximate surface area is 117 Å². The Bertz CT molecular complexity index is 357. The van der Waals surface area contributed by atoms with Crippen LogP contribution in [0.25, 0.3) is 0 Å². The van der Waals surface area contributed by atoms with Gasteiger partial charge >= 0.3 is 0 Å². The monoisotopic (exact) mass is 264 g/mol. The lowest BCUT2D eigenvalue weighted by Crippen LogP contribution is -2.71. The second-order valence-corrected chi connectivity index (χ2v) is 7.70. The van der Waals surface area contributed by atoms with E-state index in [-0.39, 0.29) is 0 Å². The van der Waals surface area contributed by atoms with E-state index in [0.29, 0.717) is 17.6 Å². The lowest BCUT2D eigenvalue weighted by molar-refractivity contribution is -0.194. The zero-order valence-corrected chi connectivity index (χ0v) is 12.4. The molecule has 1 aliphatic carbocycles. The Balaban J connectivity index is 1.45. The predicted molar refractivity (Wildman–Crippen MR) is 76.2 cm³/mol. The van der Waals surface area contributed by atoms with Crippen LogP contribution in [0.4, 0.5) is 0 Å². The van der Waals surface area contributed by atoms with E-state index in [9.17, 15) is 0 Å². The lowest BCUT2D eigenvalue weighted by atomic mass is 9.55. The first-order valence-corrected chi connectivity index (χ1v) is 8.29. The van der Waals surface area contributed by atoms with Crippen molar-refractivity contribution in [2.24, 2.45) is 11.3 Å². The fourth-order valence-corrected chi connectivity index (χ4v) is 5.37. The van der Waals surface area contributed by atoms with Gasteiger partial charge in [-0.05, 0) is 38.6 Å². The molecule has 3 heterocycles. The van der Waals surface area contributed by atoms with Crippen LogP contribution in [0.1, 0.15) is 46.0 Å². The number of rotatable bonds is 2. The molecule has 0 aromatic heterocycles. The van der Waals surface area contributed by atoms with Gasteiger partial charge < -0.3 is 10.1 Å². The number of hydrogen-bond donors (Lipinski definition) is 1. The molecule has 3 nitrogen and oxygen atoms in total. The number of hydrogen-bond acceptors (Lipinski definition) is 3. The Hall–Kier alpha value is -0.120. The van der Waals surface area contributed by atoms with Gasteiger partial charge in [0.15, 0.2) is 0 Å². The fraction of sp³-hybridized carbons (Fsp3) is 1.00. The molecule has 0 aromatic carbocycles. The van der Waals surface area contributed by atoms with Crippen molar-refractivity contribution >= 4 is 0 Å². The van der Waals surface area contributed by atoms with Gasteiger partial charge in [-0.25, -0.2) is 0 Å². The summed E-state index contributed by atoms with van der Waals surface area (Å²) in [6.07, 6.45) is 7.32. The molecule has 4 aliphatic rings. The van der Waals surface area contributed by atoms with Crippen LogP contribution in [0, 0.1) is 11.3 Å². The summed E-state index contributed by atoms with van der Waals surface area (Å²) in [5.74, 6) is 0.777. The predicted octanol–water partition coefficient (Wildman–Crippen LogP) is 2.02. The number of nitrogens with one attached hydrogen (secondary N) is 1. The fourth-order valence-electron chi connectivity index (χ4n) is 5.37. The number of ether oxygens (including phenoxy) is 1. The average Bonchev–Trinajstić information content (AvgIpc) is 2.99. The van der Waals surface area contributed by atoms with Crippen LogP contribution >= 0.6 is 0 Å². The van der Waals surface area contributed by atoms with E-state index in [2.05, 4.69) is 24.1 Å². The first kappa shape index (κ1) is 12.6. The van der Waals surface area contributed by atoms with E-state index in [0.717, 1.165) is 24.6 Å². The maximum atomic E-state index is 6.02. The van der Waals surface area contributed by atoms with Crippen LogP contribution < -0.4 is 5.32 Å². The third kappa shape index (κ3) is 1.81. The molecule has 19 heavy (non-hydrogen) atoms. The van der Waals surface area contributed by atoms with Crippen molar-refractivity contribution < 1.29 is 4.74 Å². The summed E-state index contributed by atoms with van der Waals surface area (Å²) >= 11 is 0. The van der Waals surface area contributed by atoms with E-state index in [1.807, 2.05) is 0 Å². The van der Waals surface area contributed by atoms with Crippen LogP contribution in [0.2, 0.25) is 0 Å². The summed E-state index contributed by atoms with van der Waals surface area (Å²) in [4.78, 5) is 2.71. The quantitative estimate of drug-likeness (QED) is 0.826. The van der Waals surface area contributed by atoms with Crippen LogP contribution in [0.3, 0.4) is 0 Å². The van der Waals surface area contributed by atoms with E-state index in [1.165, 1.54) is 45.2 Å². The summed E-state index contributed by atoms with van der Waals surface area (Å²) in [7, 11) is 0. The second kappa shape index (κ2) is 4.44. The normalized spacial score (nSPS) is 48.6. The van der Waals surface area contributed by atoms with E-state index < -0.39 is 0 Å². The highest BCUT2D eigenvalue weighted by atomic mass is 16.5. The van der Waals surface area contributed by atoms with Gasteiger partial charge in [0.1, 0.15) is 0 Å². The highest BCUT2D eigenvalue weighted by Gasteiger charge is 2.58. The third-order valence-electron chi connectivity index (χ3n) is 6.33. The van der Waals surface area contributed by atoms with Gasteiger partial charge in [-0.1, -0.05) is 13.8 Å². The summed E-state index contributed by atoms with van der Waals surface area (Å²) in [5, 5.41) is 4.05. The molecule has 0 amide bonds. The smallest absolute Gasteiger partial charge is 0.0684 e. The van der Waals surface area contributed by atoms with Crippen LogP contribution in [-0.2, 0) is 4.74 Å². The second-order valence-electron chi connectivity index (χ2n) is 7.70. The van der Waals surface area contributed by atoms with Crippen LogP contribution in [-0.4, -0.2) is 48.8 Å². The molecule has 3 aliphatic heterocycles. The van der Waals surface area contributed by atoms with E-state index in [1.54, 1.807) is 0 Å². The van der Waals surface area contributed by atoms with Crippen molar-refractivity contribution in [2.75, 3.05) is 19.7 Å². The highest BCUT2D eigenvalue weighted by Crippen LogP contribution is 2.51. The van der Waals surface area contributed by atoms with Crippen molar-refractivity contribution in [2.45, 2.75) is 70.2 Å². The van der Waals surface area contributed by atoms with Gasteiger partial charge in [-0.3, -0.25) is 4.90 Å². The first-order valence-electron chi connectivity index (χ1n) is 8.29. The molecule has 0 radical (unpaired) electrons. The SMILES string of the molecule is CC1(C)C(NC2CCN3CCCC23)C2CCCOC21. The molecule has 1 N–H and O–H groups in total. The van der Waals surface area contributed by atoms with Gasteiger partial charge in [0.05, 0.1) is 6.10 Å². The Morgan fingerprint density at radius 2 is 2.00 bits per heavy atom.